The predicted molar refractivity (Wildman–Crippen MR) is 102 cm³/mol. The van der Waals surface area contributed by atoms with Crippen LogP contribution in [0.5, 0.6) is 5.75 Å². The van der Waals surface area contributed by atoms with E-state index in [1.165, 1.54) is 0 Å². The van der Waals surface area contributed by atoms with Crippen LogP contribution in [0, 0.1) is 13.8 Å². The summed E-state index contributed by atoms with van der Waals surface area (Å²) in [6.45, 7) is 4.53. The fraction of sp³-hybridized carbons (Fsp3) is 0.350. The van der Waals surface area contributed by atoms with Crippen LogP contribution in [0.4, 0.5) is 0 Å². The number of hydrogen-bond donors (Lipinski definition) is 1. The molecule has 1 atom stereocenters. The molecule has 0 aliphatic carbocycles. The van der Waals surface area contributed by atoms with Crippen molar-refractivity contribution in [2.45, 2.75) is 19.9 Å². The summed E-state index contributed by atoms with van der Waals surface area (Å²) >= 11 is 6.03. The Bertz CT molecular complexity index is 694. The van der Waals surface area contributed by atoms with E-state index < -0.39 is 0 Å². The van der Waals surface area contributed by atoms with E-state index in [9.17, 15) is 4.79 Å². The molecule has 5 heteroatoms. The van der Waals surface area contributed by atoms with Gasteiger partial charge >= 0.3 is 0 Å². The lowest BCUT2D eigenvalue weighted by Crippen LogP contribution is -2.37. The fourth-order valence-corrected chi connectivity index (χ4v) is 3.11. The van der Waals surface area contributed by atoms with E-state index in [4.69, 9.17) is 16.3 Å². The number of rotatable bonds is 7. The molecule has 0 fully saturated rings. The molecule has 0 radical (unpaired) electrons. The van der Waals surface area contributed by atoms with Crippen LogP contribution in [0.15, 0.2) is 42.5 Å². The minimum atomic E-state index is -0.149. The average molecular weight is 361 g/mol. The van der Waals surface area contributed by atoms with Crippen molar-refractivity contribution in [3.8, 4) is 5.75 Å². The Balaban J connectivity index is 2.02. The predicted octanol–water partition coefficient (Wildman–Crippen LogP) is 3.75. The van der Waals surface area contributed by atoms with Crippen molar-refractivity contribution in [3.05, 3.63) is 64.2 Å². The molecule has 0 unspecified atom stereocenters. The summed E-state index contributed by atoms with van der Waals surface area (Å²) in [6, 6.07) is 13.5. The second-order valence-electron chi connectivity index (χ2n) is 6.45. The topological polar surface area (TPSA) is 41.6 Å². The summed E-state index contributed by atoms with van der Waals surface area (Å²) in [5.41, 5.74) is 2.92. The van der Waals surface area contributed by atoms with E-state index in [0.29, 0.717) is 10.8 Å². The standard InChI is InChI=1S/C20H25ClN2O2/c1-14-10-17(21)11-15(2)20(14)25-13-19(24)22-18(12-23(3)4)16-8-6-5-7-9-16/h5-11,18H,12-13H2,1-4H3,(H,22,24)/t18-/m1/s1. The largest absolute Gasteiger partial charge is 0.483 e. The zero-order valence-electron chi connectivity index (χ0n) is 15.2. The molecule has 1 amide bonds. The molecular weight excluding hydrogens is 336 g/mol. The van der Waals surface area contributed by atoms with E-state index in [2.05, 4.69) is 5.32 Å². The number of benzene rings is 2. The van der Waals surface area contributed by atoms with Gasteiger partial charge in [0.2, 0.25) is 0 Å². The smallest absolute Gasteiger partial charge is 0.258 e. The zero-order valence-corrected chi connectivity index (χ0v) is 15.9. The van der Waals surface area contributed by atoms with E-state index in [1.807, 2.05) is 75.3 Å². The number of aryl methyl sites for hydroxylation is 2. The van der Waals surface area contributed by atoms with Gasteiger partial charge in [0.1, 0.15) is 5.75 Å². The summed E-state index contributed by atoms with van der Waals surface area (Å²) in [5, 5.41) is 3.72. The molecule has 25 heavy (non-hydrogen) atoms. The fourth-order valence-electron chi connectivity index (χ4n) is 2.78. The molecule has 0 aliphatic rings. The maximum absolute atomic E-state index is 12.4. The number of carbonyl (C=O) groups excluding carboxylic acids is 1. The SMILES string of the molecule is Cc1cc(Cl)cc(C)c1OCC(=O)N[C@H](CN(C)C)c1ccccc1. The molecule has 0 saturated heterocycles. The molecule has 0 aromatic heterocycles. The molecule has 4 nitrogen and oxygen atoms in total. The average Bonchev–Trinajstić information content (AvgIpc) is 2.53. The molecule has 0 bridgehead atoms. The second-order valence-corrected chi connectivity index (χ2v) is 6.89. The molecule has 1 N–H and O–H groups in total. The van der Waals surface area contributed by atoms with Gasteiger partial charge in [-0.1, -0.05) is 41.9 Å². The van der Waals surface area contributed by atoms with Crippen LogP contribution in [0.25, 0.3) is 0 Å². The molecule has 134 valence electrons. The van der Waals surface area contributed by atoms with Gasteiger partial charge in [-0.15, -0.1) is 0 Å². The first-order chi connectivity index (χ1) is 11.9. The highest BCUT2D eigenvalue weighted by Crippen LogP contribution is 2.27. The van der Waals surface area contributed by atoms with Crippen LogP contribution >= 0.6 is 11.6 Å². The maximum atomic E-state index is 12.4. The third-order valence-electron chi connectivity index (χ3n) is 3.86. The molecule has 0 saturated carbocycles. The number of ether oxygens (including phenoxy) is 1. The summed E-state index contributed by atoms with van der Waals surface area (Å²) in [5.74, 6) is 0.563. The minimum absolute atomic E-state index is 0.0277. The Kier molecular flexibility index (Phi) is 6.85. The molecule has 2 aromatic rings. The Morgan fingerprint density at radius 2 is 1.76 bits per heavy atom. The van der Waals surface area contributed by atoms with Gasteiger partial charge < -0.3 is 15.0 Å². The molecular formula is C20H25ClN2O2. The van der Waals surface area contributed by atoms with Crippen LogP contribution in [0.2, 0.25) is 5.02 Å². The lowest BCUT2D eigenvalue weighted by molar-refractivity contribution is -0.124. The first kappa shape index (κ1) is 19.3. The van der Waals surface area contributed by atoms with E-state index in [-0.39, 0.29) is 18.6 Å². The molecule has 0 spiro atoms. The summed E-state index contributed by atoms with van der Waals surface area (Å²) in [6.07, 6.45) is 0. The Labute approximate surface area is 154 Å². The van der Waals surface area contributed by atoms with E-state index in [1.54, 1.807) is 0 Å². The molecule has 2 aromatic carbocycles. The van der Waals surface area contributed by atoms with Crippen molar-refractivity contribution in [1.82, 2.24) is 10.2 Å². The normalized spacial score (nSPS) is 12.1. The lowest BCUT2D eigenvalue weighted by atomic mass is 10.1. The second kappa shape index (κ2) is 8.88. The van der Waals surface area contributed by atoms with Crippen molar-refractivity contribution < 1.29 is 9.53 Å². The number of hydrogen-bond acceptors (Lipinski definition) is 3. The van der Waals surface area contributed by atoms with Gasteiger partial charge in [0.05, 0.1) is 6.04 Å². The van der Waals surface area contributed by atoms with Crippen LogP contribution in [0.3, 0.4) is 0 Å². The third kappa shape index (κ3) is 5.76. The number of carbonyl (C=O) groups is 1. The highest BCUT2D eigenvalue weighted by molar-refractivity contribution is 6.30. The van der Waals surface area contributed by atoms with Gasteiger partial charge in [-0.2, -0.15) is 0 Å². The van der Waals surface area contributed by atoms with Crippen LogP contribution < -0.4 is 10.1 Å². The highest BCUT2D eigenvalue weighted by Gasteiger charge is 2.16. The van der Waals surface area contributed by atoms with Gasteiger partial charge in [0, 0.05) is 11.6 Å². The van der Waals surface area contributed by atoms with Gasteiger partial charge in [0.15, 0.2) is 6.61 Å². The Hall–Kier alpha value is -2.04. The number of nitrogens with zero attached hydrogens (tertiary/aromatic N) is 1. The van der Waals surface area contributed by atoms with Crippen LogP contribution in [-0.2, 0) is 4.79 Å². The maximum Gasteiger partial charge on any atom is 0.258 e. The van der Waals surface area contributed by atoms with Gasteiger partial charge in [-0.05, 0) is 56.8 Å². The number of amides is 1. The third-order valence-corrected chi connectivity index (χ3v) is 4.08. The van der Waals surface area contributed by atoms with Crippen molar-refractivity contribution in [3.63, 3.8) is 0 Å². The molecule has 2 rings (SSSR count). The Morgan fingerprint density at radius 3 is 2.32 bits per heavy atom. The van der Waals surface area contributed by atoms with Gasteiger partial charge in [-0.25, -0.2) is 0 Å². The quantitative estimate of drug-likeness (QED) is 0.817. The number of halogens is 1. The molecule has 0 heterocycles. The van der Waals surface area contributed by atoms with Crippen molar-refractivity contribution >= 4 is 17.5 Å². The molecule has 0 aliphatic heterocycles. The van der Waals surface area contributed by atoms with Crippen LogP contribution in [0.1, 0.15) is 22.7 Å². The summed E-state index contributed by atoms with van der Waals surface area (Å²) in [7, 11) is 3.97. The highest BCUT2D eigenvalue weighted by atomic mass is 35.5. The van der Waals surface area contributed by atoms with Crippen molar-refractivity contribution in [2.24, 2.45) is 0 Å². The van der Waals surface area contributed by atoms with Gasteiger partial charge in [-0.3, -0.25) is 4.79 Å². The van der Waals surface area contributed by atoms with Crippen LogP contribution in [-0.4, -0.2) is 38.1 Å². The summed E-state index contributed by atoms with van der Waals surface area (Å²) in [4.78, 5) is 14.4. The van der Waals surface area contributed by atoms with E-state index in [0.717, 1.165) is 23.2 Å². The number of nitrogens with one attached hydrogen (secondary N) is 1. The minimum Gasteiger partial charge on any atom is -0.483 e. The number of likely N-dealkylation sites (N-methyl/N-ethyl adjacent to an activating group) is 1. The van der Waals surface area contributed by atoms with E-state index >= 15 is 0 Å². The van der Waals surface area contributed by atoms with Crippen molar-refractivity contribution in [1.29, 1.82) is 0 Å². The first-order valence-electron chi connectivity index (χ1n) is 8.25. The monoisotopic (exact) mass is 360 g/mol. The lowest BCUT2D eigenvalue weighted by Gasteiger charge is -2.23. The summed E-state index contributed by atoms with van der Waals surface area (Å²) < 4.78 is 5.74. The Morgan fingerprint density at radius 1 is 1.16 bits per heavy atom. The first-order valence-corrected chi connectivity index (χ1v) is 8.63. The van der Waals surface area contributed by atoms with Crippen molar-refractivity contribution in [2.75, 3.05) is 27.2 Å². The van der Waals surface area contributed by atoms with Gasteiger partial charge in [0.25, 0.3) is 5.91 Å². The zero-order chi connectivity index (χ0) is 18.4.